The largest absolute Gasteiger partial charge is 0.477 e. The lowest BCUT2D eigenvalue weighted by Crippen LogP contribution is -2.19. The van der Waals surface area contributed by atoms with Crippen LogP contribution in [0.3, 0.4) is 0 Å². The van der Waals surface area contributed by atoms with Gasteiger partial charge in [0, 0.05) is 24.3 Å². The second-order valence-corrected chi connectivity index (χ2v) is 4.47. The summed E-state index contributed by atoms with van der Waals surface area (Å²) in [6.07, 6.45) is 2.15. The zero-order valence-electron chi connectivity index (χ0n) is 11.6. The predicted molar refractivity (Wildman–Crippen MR) is 72.9 cm³/mol. The minimum atomic E-state index is 0.143. The maximum atomic E-state index is 8.79. The van der Waals surface area contributed by atoms with Gasteiger partial charge in [-0.1, -0.05) is 13.3 Å². The molecular formula is C14H24N2O2. The monoisotopic (exact) mass is 252 g/mol. The summed E-state index contributed by atoms with van der Waals surface area (Å²) in [5, 5.41) is 12.0. The van der Waals surface area contributed by atoms with E-state index in [0.29, 0.717) is 19.7 Å². The third kappa shape index (κ3) is 4.63. The average Bonchev–Trinajstić information content (AvgIpc) is 2.32. The number of hydrogen-bond donors (Lipinski definition) is 2. The Hall–Kier alpha value is -1.13. The van der Waals surface area contributed by atoms with Crippen molar-refractivity contribution in [2.45, 2.75) is 40.2 Å². The lowest BCUT2D eigenvalue weighted by molar-refractivity contribution is 0.284. The summed E-state index contributed by atoms with van der Waals surface area (Å²) >= 11 is 0. The van der Waals surface area contributed by atoms with Crippen molar-refractivity contribution in [1.29, 1.82) is 0 Å². The van der Waals surface area contributed by atoms with E-state index in [4.69, 9.17) is 9.84 Å². The fourth-order valence-corrected chi connectivity index (χ4v) is 1.77. The van der Waals surface area contributed by atoms with E-state index in [1.165, 1.54) is 5.56 Å². The molecule has 1 aromatic heterocycles. The number of aryl methyl sites for hydroxylation is 2. The summed E-state index contributed by atoms with van der Waals surface area (Å²) in [4.78, 5) is 4.46. The van der Waals surface area contributed by atoms with Gasteiger partial charge < -0.3 is 15.2 Å². The van der Waals surface area contributed by atoms with Crippen molar-refractivity contribution in [2.24, 2.45) is 0 Å². The van der Waals surface area contributed by atoms with Crippen LogP contribution in [0.5, 0.6) is 5.88 Å². The van der Waals surface area contributed by atoms with Crippen LogP contribution in [-0.4, -0.2) is 29.8 Å². The number of aliphatic hydroxyl groups is 1. The molecule has 1 aromatic rings. The van der Waals surface area contributed by atoms with Crippen LogP contribution >= 0.6 is 0 Å². The van der Waals surface area contributed by atoms with Crippen LogP contribution < -0.4 is 10.1 Å². The van der Waals surface area contributed by atoms with Gasteiger partial charge in [-0.25, -0.2) is 4.98 Å². The SMILES string of the molecule is CCCCOc1nc(C)cc(C)c1CNCCO. The zero-order valence-corrected chi connectivity index (χ0v) is 11.6. The summed E-state index contributed by atoms with van der Waals surface area (Å²) in [6.45, 7) is 8.30. The molecule has 0 fully saturated rings. The Labute approximate surface area is 109 Å². The smallest absolute Gasteiger partial charge is 0.218 e. The second kappa shape index (κ2) is 8.06. The summed E-state index contributed by atoms with van der Waals surface area (Å²) in [7, 11) is 0. The van der Waals surface area contributed by atoms with Crippen molar-refractivity contribution in [2.75, 3.05) is 19.8 Å². The van der Waals surface area contributed by atoms with Gasteiger partial charge in [0.25, 0.3) is 0 Å². The van der Waals surface area contributed by atoms with E-state index in [9.17, 15) is 0 Å². The van der Waals surface area contributed by atoms with Crippen molar-refractivity contribution < 1.29 is 9.84 Å². The molecule has 0 bridgehead atoms. The van der Waals surface area contributed by atoms with Gasteiger partial charge in [-0.2, -0.15) is 0 Å². The molecule has 0 aliphatic heterocycles. The summed E-state index contributed by atoms with van der Waals surface area (Å²) < 4.78 is 5.76. The summed E-state index contributed by atoms with van der Waals surface area (Å²) in [5.41, 5.74) is 3.24. The van der Waals surface area contributed by atoms with E-state index in [1.54, 1.807) is 0 Å². The first-order chi connectivity index (χ1) is 8.69. The van der Waals surface area contributed by atoms with Gasteiger partial charge in [0.15, 0.2) is 0 Å². The highest BCUT2D eigenvalue weighted by molar-refractivity contribution is 5.35. The van der Waals surface area contributed by atoms with Crippen LogP contribution in [0.25, 0.3) is 0 Å². The van der Waals surface area contributed by atoms with Crippen molar-refractivity contribution in [3.63, 3.8) is 0 Å². The van der Waals surface area contributed by atoms with Crippen molar-refractivity contribution in [3.8, 4) is 5.88 Å². The standard InChI is InChI=1S/C14H24N2O2/c1-4-5-8-18-14-13(10-15-6-7-17)11(2)9-12(3)16-14/h9,15,17H,4-8,10H2,1-3H3. The van der Waals surface area contributed by atoms with Gasteiger partial charge in [-0.15, -0.1) is 0 Å². The summed E-state index contributed by atoms with van der Waals surface area (Å²) in [5.74, 6) is 0.728. The quantitative estimate of drug-likeness (QED) is 0.694. The Morgan fingerprint density at radius 1 is 1.39 bits per heavy atom. The number of hydrogen-bond acceptors (Lipinski definition) is 4. The number of rotatable bonds is 8. The molecule has 0 amide bonds. The van der Waals surface area contributed by atoms with Crippen LogP contribution in [0.2, 0.25) is 0 Å². The fourth-order valence-electron chi connectivity index (χ4n) is 1.77. The average molecular weight is 252 g/mol. The highest BCUT2D eigenvalue weighted by Gasteiger charge is 2.09. The van der Waals surface area contributed by atoms with Crippen LogP contribution in [-0.2, 0) is 6.54 Å². The molecule has 4 nitrogen and oxygen atoms in total. The minimum Gasteiger partial charge on any atom is -0.477 e. The Morgan fingerprint density at radius 2 is 2.17 bits per heavy atom. The predicted octanol–water partition coefficient (Wildman–Crippen LogP) is 1.96. The third-order valence-electron chi connectivity index (χ3n) is 2.76. The highest BCUT2D eigenvalue weighted by Crippen LogP contribution is 2.21. The van der Waals surface area contributed by atoms with Gasteiger partial charge in [-0.3, -0.25) is 0 Å². The molecule has 0 saturated heterocycles. The Morgan fingerprint density at radius 3 is 2.83 bits per heavy atom. The molecule has 0 aliphatic rings. The number of aliphatic hydroxyl groups excluding tert-OH is 1. The van der Waals surface area contributed by atoms with E-state index in [2.05, 4.69) is 30.2 Å². The van der Waals surface area contributed by atoms with Crippen molar-refractivity contribution in [3.05, 3.63) is 22.9 Å². The lowest BCUT2D eigenvalue weighted by Gasteiger charge is -2.14. The number of ether oxygens (including phenoxy) is 1. The van der Waals surface area contributed by atoms with Crippen LogP contribution in [0.4, 0.5) is 0 Å². The van der Waals surface area contributed by atoms with Gasteiger partial charge in [0.2, 0.25) is 5.88 Å². The number of nitrogens with zero attached hydrogens (tertiary/aromatic N) is 1. The Bertz CT molecular complexity index is 367. The minimum absolute atomic E-state index is 0.143. The van der Waals surface area contributed by atoms with E-state index in [-0.39, 0.29) is 6.61 Å². The van der Waals surface area contributed by atoms with Gasteiger partial charge in [0.1, 0.15) is 0 Å². The Kier molecular flexibility index (Phi) is 6.68. The molecule has 1 heterocycles. The third-order valence-corrected chi connectivity index (χ3v) is 2.76. The molecule has 0 radical (unpaired) electrons. The molecule has 0 aromatic carbocycles. The normalized spacial score (nSPS) is 10.7. The van der Waals surface area contributed by atoms with Crippen molar-refractivity contribution in [1.82, 2.24) is 10.3 Å². The topological polar surface area (TPSA) is 54.4 Å². The maximum Gasteiger partial charge on any atom is 0.218 e. The molecule has 0 atom stereocenters. The van der Waals surface area contributed by atoms with E-state index in [0.717, 1.165) is 30.0 Å². The number of pyridine rings is 1. The van der Waals surface area contributed by atoms with E-state index >= 15 is 0 Å². The molecule has 0 aliphatic carbocycles. The van der Waals surface area contributed by atoms with Gasteiger partial charge in [-0.05, 0) is 31.9 Å². The molecule has 2 N–H and O–H groups in total. The summed E-state index contributed by atoms with van der Waals surface area (Å²) in [6, 6.07) is 2.06. The lowest BCUT2D eigenvalue weighted by atomic mass is 10.1. The molecule has 4 heteroatoms. The molecule has 18 heavy (non-hydrogen) atoms. The second-order valence-electron chi connectivity index (χ2n) is 4.47. The fraction of sp³-hybridized carbons (Fsp3) is 0.643. The van der Waals surface area contributed by atoms with Crippen molar-refractivity contribution >= 4 is 0 Å². The highest BCUT2D eigenvalue weighted by atomic mass is 16.5. The first-order valence-electron chi connectivity index (χ1n) is 6.60. The number of unbranched alkanes of at least 4 members (excludes halogenated alkanes) is 1. The first-order valence-corrected chi connectivity index (χ1v) is 6.60. The molecule has 102 valence electrons. The molecule has 0 spiro atoms. The Balaban J connectivity index is 2.76. The molecule has 0 unspecified atom stereocenters. The van der Waals surface area contributed by atoms with Crippen LogP contribution in [0.1, 0.15) is 36.6 Å². The number of nitrogens with one attached hydrogen (secondary N) is 1. The first kappa shape index (κ1) is 14.9. The zero-order chi connectivity index (χ0) is 13.4. The molecule has 1 rings (SSSR count). The van der Waals surface area contributed by atoms with E-state index in [1.807, 2.05) is 6.92 Å². The van der Waals surface area contributed by atoms with E-state index < -0.39 is 0 Å². The maximum absolute atomic E-state index is 8.79. The molecule has 0 saturated carbocycles. The molecular weight excluding hydrogens is 228 g/mol. The van der Waals surface area contributed by atoms with Gasteiger partial charge in [0.05, 0.1) is 13.2 Å². The van der Waals surface area contributed by atoms with Crippen LogP contribution in [0.15, 0.2) is 6.07 Å². The van der Waals surface area contributed by atoms with Gasteiger partial charge >= 0.3 is 0 Å². The number of aromatic nitrogens is 1. The van der Waals surface area contributed by atoms with Crippen LogP contribution in [0, 0.1) is 13.8 Å².